The lowest BCUT2D eigenvalue weighted by Crippen LogP contribution is -2.36. The zero-order valence-corrected chi connectivity index (χ0v) is 10.3. The monoisotopic (exact) mass is 256 g/mol. The summed E-state index contributed by atoms with van der Waals surface area (Å²) in [6, 6.07) is 4.50. The van der Waals surface area contributed by atoms with E-state index in [2.05, 4.69) is 5.32 Å². The Labute approximate surface area is 105 Å². The van der Waals surface area contributed by atoms with E-state index in [-0.39, 0.29) is 17.0 Å². The lowest BCUT2D eigenvalue weighted by atomic mass is 10.2. The van der Waals surface area contributed by atoms with Crippen molar-refractivity contribution in [2.75, 3.05) is 13.6 Å². The zero-order chi connectivity index (χ0) is 12.4. The van der Waals surface area contributed by atoms with Gasteiger partial charge in [-0.05, 0) is 18.1 Å². The summed E-state index contributed by atoms with van der Waals surface area (Å²) in [5.41, 5.74) is 0.675. The number of nitrogens with one attached hydrogen (secondary N) is 1. The first kappa shape index (κ1) is 12.3. The van der Waals surface area contributed by atoms with Gasteiger partial charge in [-0.2, -0.15) is 0 Å². The molecule has 2 rings (SSSR count). The third kappa shape index (κ3) is 2.58. The Morgan fingerprint density at radius 2 is 2.35 bits per heavy atom. The second kappa shape index (κ2) is 5.02. The SMILES string of the molecule is CN1CCC(NCc2cccc(F)c2Cl)C1=O. The molecular formula is C12H14ClFN2O. The molecule has 0 bridgehead atoms. The van der Waals surface area contributed by atoms with Crippen molar-refractivity contribution in [2.24, 2.45) is 0 Å². The average Bonchev–Trinajstić information content (AvgIpc) is 2.62. The Morgan fingerprint density at radius 3 is 3.00 bits per heavy atom. The Bertz CT molecular complexity index is 439. The molecule has 0 radical (unpaired) electrons. The van der Waals surface area contributed by atoms with Crippen LogP contribution >= 0.6 is 11.6 Å². The van der Waals surface area contributed by atoms with E-state index in [0.29, 0.717) is 12.1 Å². The topological polar surface area (TPSA) is 32.3 Å². The normalized spacial score (nSPS) is 20.1. The van der Waals surface area contributed by atoms with Crippen LogP contribution in [0.15, 0.2) is 18.2 Å². The molecule has 1 heterocycles. The van der Waals surface area contributed by atoms with Crippen LogP contribution in [0.25, 0.3) is 0 Å². The molecule has 1 aromatic rings. The number of amides is 1. The Kier molecular flexibility index (Phi) is 3.64. The van der Waals surface area contributed by atoms with Crippen molar-refractivity contribution in [1.29, 1.82) is 0 Å². The van der Waals surface area contributed by atoms with E-state index in [9.17, 15) is 9.18 Å². The highest BCUT2D eigenvalue weighted by Gasteiger charge is 2.28. The van der Waals surface area contributed by atoms with Crippen molar-refractivity contribution >= 4 is 17.5 Å². The number of benzene rings is 1. The summed E-state index contributed by atoms with van der Waals surface area (Å²) < 4.78 is 13.2. The highest BCUT2D eigenvalue weighted by Crippen LogP contribution is 2.20. The first-order valence-electron chi connectivity index (χ1n) is 5.51. The number of hydrogen-bond donors (Lipinski definition) is 1. The standard InChI is InChI=1S/C12H14ClFN2O/c1-16-6-5-10(12(16)17)15-7-8-3-2-4-9(14)11(8)13/h2-4,10,15H,5-7H2,1H3. The number of carbonyl (C=O) groups is 1. The van der Waals surface area contributed by atoms with Gasteiger partial charge < -0.3 is 10.2 Å². The van der Waals surface area contributed by atoms with Crippen LogP contribution in [0.1, 0.15) is 12.0 Å². The Morgan fingerprint density at radius 1 is 1.59 bits per heavy atom. The molecule has 0 spiro atoms. The average molecular weight is 257 g/mol. The van der Waals surface area contributed by atoms with Crippen LogP contribution in [-0.4, -0.2) is 30.4 Å². The van der Waals surface area contributed by atoms with Gasteiger partial charge in [-0.1, -0.05) is 23.7 Å². The van der Waals surface area contributed by atoms with Crippen LogP contribution in [0, 0.1) is 5.82 Å². The molecule has 0 aromatic heterocycles. The molecule has 5 heteroatoms. The fraction of sp³-hybridized carbons (Fsp3) is 0.417. The number of carbonyl (C=O) groups excluding carboxylic acids is 1. The maximum absolute atomic E-state index is 13.2. The van der Waals surface area contributed by atoms with E-state index in [1.54, 1.807) is 24.1 Å². The maximum atomic E-state index is 13.2. The second-order valence-corrected chi connectivity index (χ2v) is 4.57. The molecule has 1 amide bonds. The van der Waals surface area contributed by atoms with Gasteiger partial charge in [0.25, 0.3) is 0 Å². The molecule has 1 aliphatic rings. The largest absolute Gasteiger partial charge is 0.344 e. The number of rotatable bonds is 3. The van der Waals surface area contributed by atoms with E-state index in [1.165, 1.54) is 6.07 Å². The van der Waals surface area contributed by atoms with Gasteiger partial charge in [-0.25, -0.2) is 4.39 Å². The highest BCUT2D eigenvalue weighted by molar-refractivity contribution is 6.31. The van der Waals surface area contributed by atoms with Gasteiger partial charge in [-0.15, -0.1) is 0 Å². The van der Waals surface area contributed by atoms with Gasteiger partial charge in [0.1, 0.15) is 5.82 Å². The lowest BCUT2D eigenvalue weighted by Gasteiger charge is -2.13. The molecule has 3 nitrogen and oxygen atoms in total. The predicted molar refractivity (Wildman–Crippen MR) is 64.3 cm³/mol. The second-order valence-electron chi connectivity index (χ2n) is 4.19. The van der Waals surface area contributed by atoms with Crippen LogP contribution in [0.4, 0.5) is 4.39 Å². The van der Waals surface area contributed by atoms with E-state index >= 15 is 0 Å². The van der Waals surface area contributed by atoms with Gasteiger partial charge in [0.2, 0.25) is 5.91 Å². The first-order chi connectivity index (χ1) is 8.09. The Balaban J connectivity index is 1.99. The van der Waals surface area contributed by atoms with Gasteiger partial charge >= 0.3 is 0 Å². The van der Waals surface area contributed by atoms with Crippen molar-refractivity contribution in [3.8, 4) is 0 Å². The minimum Gasteiger partial charge on any atom is -0.344 e. The molecule has 1 N–H and O–H groups in total. The summed E-state index contributed by atoms with van der Waals surface area (Å²) in [5.74, 6) is -0.349. The number of likely N-dealkylation sites (N-methyl/N-ethyl adjacent to an activating group) is 1. The van der Waals surface area contributed by atoms with Gasteiger partial charge in [0.05, 0.1) is 11.1 Å². The van der Waals surface area contributed by atoms with Crippen molar-refractivity contribution in [2.45, 2.75) is 19.0 Å². The molecule has 17 heavy (non-hydrogen) atoms. The number of nitrogens with zero attached hydrogens (tertiary/aromatic N) is 1. The third-order valence-corrected chi connectivity index (χ3v) is 3.42. The van der Waals surface area contributed by atoms with E-state index < -0.39 is 5.82 Å². The summed E-state index contributed by atoms with van der Waals surface area (Å²) in [6.07, 6.45) is 0.780. The van der Waals surface area contributed by atoms with Crippen molar-refractivity contribution in [1.82, 2.24) is 10.2 Å². The minimum absolute atomic E-state index is 0.0810. The van der Waals surface area contributed by atoms with Crippen molar-refractivity contribution in [3.05, 3.63) is 34.6 Å². The maximum Gasteiger partial charge on any atom is 0.239 e. The van der Waals surface area contributed by atoms with E-state index in [1.807, 2.05) is 0 Å². The molecule has 1 fully saturated rings. The molecule has 0 saturated carbocycles. The smallest absolute Gasteiger partial charge is 0.239 e. The van der Waals surface area contributed by atoms with Crippen LogP contribution in [-0.2, 0) is 11.3 Å². The van der Waals surface area contributed by atoms with Gasteiger partial charge in [0, 0.05) is 20.1 Å². The van der Waals surface area contributed by atoms with Crippen LogP contribution in [0.5, 0.6) is 0 Å². The number of halogens is 2. The number of hydrogen-bond acceptors (Lipinski definition) is 2. The summed E-state index contributed by atoms with van der Waals surface area (Å²) in [5, 5.41) is 3.23. The Hall–Kier alpha value is -1.13. The molecule has 1 aromatic carbocycles. The summed E-state index contributed by atoms with van der Waals surface area (Å²) in [4.78, 5) is 13.3. The van der Waals surface area contributed by atoms with Gasteiger partial charge in [-0.3, -0.25) is 4.79 Å². The molecule has 1 aliphatic heterocycles. The van der Waals surface area contributed by atoms with Gasteiger partial charge in [0.15, 0.2) is 0 Å². The van der Waals surface area contributed by atoms with Crippen LogP contribution in [0.2, 0.25) is 5.02 Å². The zero-order valence-electron chi connectivity index (χ0n) is 9.54. The fourth-order valence-electron chi connectivity index (χ4n) is 1.93. The number of likely N-dealkylation sites (tertiary alicyclic amines) is 1. The summed E-state index contributed by atoms with van der Waals surface area (Å²) in [7, 11) is 1.78. The van der Waals surface area contributed by atoms with Crippen molar-refractivity contribution in [3.63, 3.8) is 0 Å². The molecule has 1 saturated heterocycles. The van der Waals surface area contributed by atoms with E-state index in [0.717, 1.165) is 13.0 Å². The fourth-order valence-corrected chi connectivity index (χ4v) is 2.12. The molecule has 1 unspecified atom stereocenters. The lowest BCUT2D eigenvalue weighted by molar-refractivity contribution is -0.128. The van der Waals surface area contributed by atoms with Crippen LogP contribution < -0.4 is 5.32 Å². The molecule has 92 valence electrons. The predicted octanol–water partition coefficient (Wildman–Crippen LogP) is 1.80. The highest BCUT2D eigenvalue weighted by atomic mass is 35.5. The molecular weight excluding hydrogens is 243 g/mol. The summed E-state index contributed by atoms with van der Waals surface area (Å²) in [6.45, 7) is 1.16. The third-order valence-electron chi connectivity index (χ3n) is 3.00. The minimum atomic E-state index is -0.430. The van der Waals surface area contributed by atoms with E-state index in [4.69, 9.17) is 11.6 Å². The molecule has 0 aliphatic carbocycles. The first-order valence-corrected chi connectivity index (χ1v) is 5.88. The quantitative estimate of drug-likeness (QED) is 0.895. The molecule has 1 atom stereocenters. The van der Waals surface area contributed by atoms with Crippen LogP contribution in [0.3, 0.4) is 0 Å². The summed E-state index contributed by atoms with van der Waals surface area (Å²) >= 11 is 5.83. The van der Waals surface area contributed by atoms with Crippen molar-refractivity contribution < 1.29 is 9.18 Å².